The first-order valence-electron chi connectivity index (χ1n) is 11.5. The van der Waals surface area contributed by atoms with Crippen molar-refractivity contribution < 1.29 is 28.9 Å². The molecule has 5 rings (SSSR count). The van der Waals surface area contributed by atoms with E-state index in [0.717, 1.165) is 19.3 Å². The lowest BCUT2D eigenvalue weighted by Gasteiger charge is -2.55. The van der Waals surface area contributed by atoms with Crippen molar-refractivity contribution in [1.82, 2.24) is 10.6 Å². The smallest absolute Gasteiger partial charge is 0.239 e. The molecule has 4 aliphatic carbocycles. The molecule has 4 bridgehead atoms. The van der Waals surface area contributed by atoms with Gasteiger partial charge in [-0.25, -0.2) is 0 Å². The second-order valence-electron chi connectivity index (χ2n) is 9.64. The zero-order chi connectivity index (χ0) is 22.7. The van der Waals surface area contributed by atoms with E-state index in [4.69, 9.17) is 14.2 Å². The molecule has 2 amide bonds. The van der Waals surface area contributed by atoms with Crippen molar-refractivity contribution in [3.8, 4) is 17.2 Å². The summed E-state index contributed by atoms with van der Waals surface area (Å²) in [5, 5.41) is 15.7. The maximum absolute atomic E-state index is 12.9. The first-order valence-corrected chi connectivity index (χ1v) is 11.5. The second kappa shape index (κ2) is 9.57. The molecule has 1 aromatic carbocycles. The SMILES string of the molecule is COc1cccc(OC)c1OCC(O)CNC(=O)CNC(=O)C12CC3CC(CC(C3)C1)C2. The molecule has 0 spiro atoms. The molecule has 0 aliphatic heterocycles. The number of carbonyl (C=O) groups excluding carboxylic acids is 2. The first-order chi connectivity index (χ1) is 15.4. The third-order valence-electron chi connectivity index (χ3n) is 7.27. The number of para-hydroxylation sites is 1. The second-order valence-corrected chi connectivity index (χ2v) is 9.64. The molecule has 1 atom stereocenters. The maximum atomic E-state index is 12.9. The summed E-state index contributed by atoms with van der Waals surface area (Å²) < 4.78 is 16.2. The Morgan fingerprint density at radius 2 is 1.59 bits per heavy atom. The lowest BCUT2D eigenvalue weighted by atomic mass is 9.49. The Balaban J connectivity index is 1.20. The number of aliphatic hydroxyl groups is 1. The maximum Gasteiger partial charge on any atom is 0.239 e. The number of methoxy groups -OCH3 is 2. The van der Waals surface area contributed by atoms with Gasteiger partial charge in [-0.15, -0.1) is 0 Å². The van der Waals surface area contributed by atoms with Gasteiger partial charge in [0.25, 0.3) is 0 Å². The third kappa shape index (κ3) is 4.80. The highest BCUT2D eigenvalue weighted by Gasteiger charge is 2.54. The van der Waals surface area contributed by atoms with E-state index >= 15 is 0 Å². The predicted molar refractivity (Wildman–Crippen MR) is 118 cm³/mol. The van der Waals surface area contributed by atoms with Crippen LogP contribution in [-0.2, 0) is 9.59 Å². The summed E-state index contributed by atoms with van der Waals surface area (Å²) in [6, 6.07) is 5.25. The Kier molecular flexibility index (Phi) is 6.79. The zero-order valence-corrected chi connectivity index (χ0v) is 18.9. The van der Waals surface area contributed by atoms with Gasteiger partial charge in [-0.3, -0.25) is 9.59 Å². The molecule has 1 unspecified atom stereocenters. The number of hydrogen-bond donors (Lipinski definition) is 3. The van der Waals surface area contributed by atoms with Crippen LogP contribution in [0.3, 0.4) is 0 Å². The van der Waals surface area contributed by atoms with Crippen LogP contribution >= 0.6 is 0 Å². The standard InChI is InChI=1S/C24H34N2O6/c1-30-19-4-3-5-20(31-2)22(19)32-14-18(27)12-25-21(28)13-26-23(29)24-9-15-6-16(10-24)8-17(7-15)11-24/h3-5,15-18,27H,6-14H2,1-2H3,(H,25,28)(H,26,29). The minimum Gasteiger partial charge on any atom is -0.493 e. The lowest BCUT2D eigenvalue weighted by molar-refractivity contribution is -0.147. The van der Waals surface area contributed by atoms with Crippen LogP contribution in [0.5, 0.6) is 17.2 Å². The number of amides is 2. The molecule has 0 saturated heterocycles. The number of aliphatic hydroxyl groups excluding tert-OH is 1. The van der Waals surface area contributed by atoms with Crippen LogP contribution in [-0.4, -0.2) is 56.9 Å². The van der Waals surface area contributed by atoms with E-state index in [0.29, 0.717) is 35.0 Å². The normalized spacial score (nSPS) is 28.7. The molecule has 32 heavy (non-hydrogen) atoms. The van der Waals surface area contributed by atoms with Gasteiger partial charge in [0, 0.05) is 12.0 Å². The molecule has 0 heterocycles. The van der Waals surface area contributed by atoms with Crippen LogP contribution in [0.4, 0.5) is 0 Å². The van der Waals surface area contributed by atoms with Crippen molar-refractivity contribution in [1.29, 1.82) is 0 Å². The quantitative estimate of drug-likeness (QED) is 0.507. The number of nitrogens with one attached hydrogen (secondary N) is 2. The van der Waals surface area contributed by atoms with E-state index in [9.17, 15) is 14.7 Å². The summed E-state index contributed by atoms with van der Waals surface area (Å²) in [5.41, 5.74) is -0.268. The minimum atomic E-state index is -0.924. The van der Waals surface area contributed by atoms with Gasteiger partial charge in [-0.1, -0.05) is 6.07 Å². The van der Waals surface area contributed by atoms with Gasteiger partial charge in [0.2, 0.25) is 17.6 Å². The summed E-state index contributed by atoms with van der Waals surface area (Å²) >= 11 is 0. The summed E-state index contributed by atoms with van der Waals surface area (Å²) in [7, 11) is 3.05. The fraction of sp³-hybridized carbons (Fsp3) is 0.667. The molecular formula is C24H34N2O6. The van der Waals surface area contributed by atoms with E-state index in [1.807, 2.05) is 0 Å². The molecule has 4 saturated carbocycles. The Morgan fingerprint density at radius 3 is 2.12 bits per heavy atom. The van der Waals surface area contributed by atoms with Gasteiger partial charge >= 0.3 is 0 Å². The van der Waals surface area contributed by atoms with E-state index in [1.165, 1.54) is 33.5 Å². The van der Waals surface area contributed by atoms with Gasteiger partial charge in [0.15, 0.2) is 11.5 Å². The summed E-state index contributed by atoms with van der Waals surface area (Å²) in [5.74, 6) is 3.12. The monoisotopic (exact) mass is 446 g/mol. The van der Waals surface area contributed by atoms with Crippen molar-refractivity contribution in [2.75, 3.05) is 33.9 Å². The van der Waals surface area contributed by atoms with Gasteiger partial charge in [0.1, 0.15) is 12.7 Å². The van der Waals surface area contributed by atoms with Crippen molar-refractivity contribution in [3.63, 3.8) is 0 Å². The molecule has 4 aliphatic rings. The van der Waals surface area contributed by atoms with Crippen LogP contribution < -0.4 is 24.8 Å². The average Bonchev–Trinajstić information content (AvgIpc) is 2.78. The first kappa shape index (κ1) is 22.7. The topological polar surface area (TPSA) is 106 Å². The Morgan fingerprint density at radius 1 is 1.03 bits per heavy atom. The largest absolute Gasteiger partial charge is 0.493 e. The van der Waals surface area contributed by atoms with Crippen molar-refractivity contribution in [2.45, 2.75) is 44.6 Å². The summed E-state index contributed by atoms with van der Waals surface area (Å²) in [6.45, 7) is -0.103. The van der Waals surface area contributed by atoms with E-state index in [1.54, 1.807) is 18.2 Å². The van der Waals surface area contributed by atoms with Gasteiger partial charge in [0.05, 0.1) is 20.8 Å². The highest BCUT2D eigenvalue weighted by atomic mass is 16.5. The fourth-order valence-corrected chi connectivity index (χ4v) is 6.23. The molecule has 0 radical (unpaired) electrons. The van der Waals surface area contributed by atoms with Crippen LogP contribution in [0.2, 0.25) is 0 Å². The van der Waals surface area contributed by atoms with Gasteiger partial charge in [-0.05, 0) is 68.4 Å². The number of rotatable bonds is 10. The molecule has 1 aromatic rings. The van der Waals surface area contributed by atoms with Gasteiger partial charge in [-0.2, -0.15) is 0 Å². The van der Waals surface area contributed by atoms with Crippen LogP contribution in [0, 0.1) is 23.2 Å². The number of benzene rings is 1. The van der Waals surface area contributed by atoms with Crippen molar-refractivity contribution in [3.05, 3.63) is 18.2 Å². The summed E-state index contributed by atoms with van der Waals surface area (Å²) in [6.07, 6.45) is 5.79. The number of carbonyl (C=O) groups is 2. The molecule has 3 N–H and O–H groups in total. The van der Waals surface area contributed by atoms with E-state index in [2.05, 4.69) is 10.6 Å². The predicted octanol–water partition coefficient (Wildman–Crippen LogP) is 1.89. The van der Waals surface area contributed by atoms with Crippen LogP contribution in [0.15, 0.2) is 18.2 Å². The number of hydrogen-bond acceptors (Lipinski definition) is 6. The molecule has 176 valence electrons. The molecule has 8 heteroatoms. The Hall–Kier alpha value is -2.48. The van der Waals surface area contributed by atoms with Crippen molar-refractivity contribution in [2.24, 2.45) is 23.2 Å². The highest BCUT2D eigenvalue weighted by molar-refractivity contribution is 5.88. The number of ether oxygens (including phenoxy) is 3. The zero-order valence-electron chi connectivity index (χ0n) is 18.9. The third-order valence-corrected chi connectivity index (χ3v) is 7.27. The van der Waals surface area contributed by atoms with E-state index in [-0.39, 0.29) is 36.9 Å². The molecule has 8 nitrogen and oxygen atoms in total. The summed E-state index contributed by atoms with van der Waals surface area (Å²) in [4.78, 5) is 25.2. The van der Waals surface area contributed by atoms with Crippen molar-refractivity contribution >= 4 is 11.8 Å². The Bertz CT molecular complexity index is 784. The van der Waals surface area contributed by atoms with E-state index < -0.39 is 6.10 Å². The van der Waals surface area contributed by atoms with Gasteiger partial charge < -0.3 is 30.0 Å². The molecule has 4 fully saturated rings. The average molecular weight is 447 g/mol. The van der Waals surface area contributed by atoms with Crippen LogP contribution in [0.1, 0.15) is 38.5 Å². The molecule has 0 aromatic heterocycles. The lowest BCUT2D eigenvalue weighted by Crippen LogP contribution is -2.54. The minimum absolute atomic E-state index is 0.0174. The fourth-order valence-electron chi connectivity index (χ4n) is 6.23. The highest BCUT2D eigenvalue weighted by Crippen LogP contribution is 2.60. The van der Waals surface area contributed by atoms with Crippen LogP contribution in [0.25, 0.3) is 0 Å². The molecular weight excluding hydrogens is 412 g/mol. The Labute approximate surface area is 189 Å².